The van der Waals surface area contributed by atoms with Gasteiger partial charge in [0.1, 0.15) is 0 Å². The van der Waals surface area contributed by atoms with Crippen molar-refractivity contribution in [2.75, 3.05) is 38.1 Å². The molecule has 0 unspecified atom stereocenters. The summed E-state index contributed by atoms with van der Waals surface area (Å²) in [6.07, 6.45) is 5.69. The SMILES string of the molecule is CN1CCN(c2ccc(N=Cc3c(O)[nH]c(=O)c4ccc(/C=C/c5ccc6ccccc6c5)cc34)cc2)CC1. The van der Waals surface area contributed by atoms with Gasteiger partial charge in [0, 0.05) is 48.9 Å². The third-order valence-corrected chi connectivity index (χ3v) is 7.37. The molecule has 5 aromatic rings. The highest BCUT2D eigenvalue weighted by molar-refractivity contribution is 6.03. The van der Waals surface area contributed by atoms with Gasteiger partial charge in [-0.1, -0.05) is 54.6 Å². The van der Waals surface area contributed by atoms with Gasteiger partial charge >= 0.3 is 0 Å². The third-order valence-electron chi connectivity index (χ3n) is 7.37. The van der Waals surface area contributed by atoms with E-state index in [2.05, 4.69) is 75.4 Å². The van der Waals surface area contributed by atoms with Crippen LogP contribution in [-0.2, 0) is 0 Å². The van der Waals surface area contributed by atoms with Crippen molar-refractivity contribution >= 4 is 51.3 Å². The van der Waals surface area contributed by atoms with Crippen LogP contribution in [0.2, 0.25) is 0 Å². The molecule has 1 fully saturated rings. The Labute approximate surface area is 227 Å². The Balaban J connectivity index is 1.28. The highest BCUT2D eigenvalue weighted by atomic mass is 16.3. The fourth-order valence-corrected chi connectivity index (χ4v) is 5.04. The van der Waals surface area contributed by atoms with E-state index in [-0.39, 0.29) is 11.4 Å². The highest BCUT2D eigenvalue weighted by Crippen LogP contribution is 2.26. The Bertz CT molecular complexity index is 1760. The van der Waals surface area contributed by atoms with E-state index in [9.17, 15) is 9.90 Å². The average Bonchev–Trinajstić information content (AvgIpc) is 2.96. The largest absolute Gasteiger partial charge is 0.494 e. The molecule has 6 nitrogen and oxygen atoms in total. The lowest BCUT2D eigenvalue weighted by Gasteiger charge is -2.34. The number of aliphatic imine (C=N–C) groups is 1. The Kier molecular flexibility index (Phi) is 6.69. The number of nitrogens with one attached hydrogen (secondary N) is 1. The molecule has 2 N–H and O–H groups in total. The lowest BCUT2D eigenvalue weighted by molar-refractivity contribution is 0.313. The van der Waals surface area contributed by atoms with Crippen molar-refractivity contribution in [1.29, 1.82) is 0 Å². The van der Waals surface area contributed by atoms with Crippen LogP contribution in [0.3, 0.4) is 0 Å². The minimum Gasteiger partial charge on any atom is -0.494 e. The fraction of sp³-hybridized carbons (Fsp3) is 0.152. The number of aromatic amines is 1. The summed E-state index contributed by atoms with van der Waals surface area (Å²) in [5.74, 6) is -0.194. The minimum absolute atomic E-state index is 0.194. The number of hydrogen-bond donors (Lipinski definition) is 2. The molecule has 1 aromatic heterocycles. The molecule has 0 radical (unpaired) electrons. The second-order valence-electron chi connectivity index (χ2n) is 10.0. The molecule has 1 aliphatic rings. The molecular weight excluding hydrogens is 484 g/mol. The molecule has 2 heterocycles. The molecule has 6 rings (SSSR count). The number of H-pyrrole nitrogens is 1. The summed E-state index contributed by atoms with van der Waals surface area (Å²) in [5, 5.41) is 14.2. The van der Waals surface area contributed by atoms with E-state index in [0.29, 0.717) is 16.3 Å². The van der Waals surface area contributed by atoms with E-state index in [0.717, 1.165) is 43.0 Å². The van der Waals surface area contributed by atoms with Crippen molar-refractivity contribution in [3.8, 4) is 5.88 Å². The Morgan fingerprint density at radius 1 is 0.795 bits per heavy atom. The van der Waals surface area contributed by atoms with Crippen LogP contribution in [-0.4, -0.2) is 54.4 Å². The maximum Gasteiger partial charge on any atom is 0.258 e. The number of benzene rings is 4. The quantitative estimate of drug-likeness (QED) is 0.221. The molecule has 39 heavy (non-hydrogen) atoms. The van der Waals surface area contributed by atoms with Gasteiger partial charge in [0.05, 0.1) is 11.3 Å². The zero-order chi connectivity index (χ0) is 26.8. The molecule has 0 bridgehead atoms. The van der Waals surface area contributed by atoms with Gasteiger partial charge < -0.3 is 14.9 Å². The predicted octanol–water partition coefficient (Wildman–Crippen LogP) is 6.06. The van der Waals surface area contributed by atoms with E-state index in [1.807, 2.05) is 42.5 Å². The van der Waals surface area contributed by atoms with E-state index < -0.39 is 0 Å². The van der Waals surface area contributed by atoms with Gasteiger partial charge in [-0.15, -0.1) is 0 Å². The molecule has 0 amide bonds. The first-order valence-electron chi connectivity index (χ1n) is 13.2. The Hall–Kier alpha value is -4.68. The lowest BCUT2D eigenvalue weighted by atomic mass is 10.0. The summed E-state index contributed by atoms with van der Waals surface area (Å²) in [6, 6.07) is 28.3. The number of aromatic nitrogens is 1. The van der Waals surface area contributed by atoms with Crippen LogP contribution in [0.25, 0.3) is 33.7 Å². The molecule has 194 valence electrons. The van der Waals surface area contributed by atoms with Gasteiger partial charge in [0.2, 0.25) is 5.88 Å². The molecule has 1 aliphatic heterocycles. The molecule has 1 saturated heterocycles. The number of pyridine rings is 1. The van der Waals surface area contributed by atoms with Gasteiger partial charge in [0.25, 0.3) is 5.56 Å². The van der Waals surface area contributed by atoms with E-state index in [4.69, 9.17) is 0 Å². The number of anilines is 1. The molecule has 0 saturated carbocycles. The number of fused-ring (bicyclic) bond motifs is 2. The molecule has 6 heteroatoms. The number of aromatic hydroxyl groups is 1. The number of piperazine rings is 1. The van der Waals surface area contributed by atoms with Crippen molar-refractivity contribution < 1.29 is 5.11 Å². The van der Waals surface area contributed by atoms with Crippen LogP contribution in [0.15, 0.2) is 94.7 Å². The summed E-state index contributed by atoms with van der Waals surface area (Å²) in [5.41, 5.74) is 4.12. The molecule has 0 atom stereocenters. The zero-order valence-electron chi connectivity index (χ0n) is 21.8. The summed E-state index contributed by atoms with van der Waals surface area (Å²) >= 11 is 0. The second-order valence-corrected chi connectivity index (χ2v) is 10.0. The van der Waals surface area contributed by atoms with Crippen LogP contribution in [0, 0.1) is 0 Å². The maximum atomic E-state index is 12.6. The third kappa shape index (κ3) is 5.33. The first-order chi connectivity index (χ1) is 19.0. The highest BCUT2D eigenvalue weighted by Gasteiger charge is 2.14. The van der Waals surface area contributed by atoms with E-state index in [1.165, 1.54) is 16.5 Å². The normalized spacial score (nSPS) is 14.7. The smallest absolute Gasteiger partial charge is 0.258 e. The van der Waals surface area contributed by atoms with Crippen LogP contribution in [0.4, 0.5) is 11.4 Å². The molecule has 4 aromatic carbocycles. The van der Waals surface area contributed by atoms with Crippen LogP contribution in [0.5, 0.6) is 5.88 Å². The first kappa shape index (κ1) is 24.6. The van der Waals surface area contributed by atoms with Crippen LogP contribution < -0.4 is 10.5 Å². The van der Waals surface area contributed by atoms with Gasteiger partial charge in [-0.3, -0.25) is 14.8 Å². The molecular formula is C33H30N4O2. The summed E-state index contributed by atoms with van der Waals surface area (Å²) < 4.78 is 0. The van der Waals surface area contributed by atoms with Gasteiger partial charge in [-0.05, 0) is 71.4 Å². The van der Waals surface area contributed by atoms with Crippen LogP contribution in [0.1, 0.15) is 16.7 Å². The molecule has 0 spiro atoms. The topological polar surface area (TPSA) is 71.9 Å². The van der Waals surface area contributed by atoms with E-state index >= 15 is 0 Å². The second kappa shape index (κ2) is 10.6. The van der Waals surface area contributed by atoms with Crippen molar-refractivity contribution in [3.05, 3.63) is 112 Å². The van der Waals surface area contributed by atoms with Gasteiger partial charge in [-0.25, -0.2) is 0 Å². The van der Waals surface area contributed by atoms with E-state index in [1.54, 1.807) is 12.3 Å². The summed E-state index contributed by atoms with van der Waals surface area (Å²) in [4.78, 5) is 24.4. The number of rotatable bonds is 5. The van der Waals surface area contributed by atoms with Crippen molar-refractivity contribution in [2.24, 2.45) is 4.99 Å². The summed E-state index contributed by atoms with van der Waals surface area (Å²) in [7, 11) is 2.15. The number of nitrogens with zero attached hydrogens (tertiary/aromatic N) is 3. The lowest BCUT2D eigenvalue weighted by Crippen LogP contribution is -2.44. The van der Waals surface area contributed by atoms with Crippen molar-refractivity contribution in [3.63, 3.8) is 0 Å². The fourth-order valence-electron chi connectivity index (χ4n) is 5.04. The maximum absolute atomic E-state index is 12.6. The Morgan fingerprint density at radius 2 is 1.49 bits per heavy atom. The Morgan fingerprint density at radius 3 is 2.26 bits per heavy atom. The number of likely N-dealkylation sites (N-methyl/N-ethyl adjacent to an activating group) is 1. The summed E-state index contributed by atoms with van der Waals surface area (Å²) in [6.45, 7) is 4.12. The zero-order valence-corrected chi connectivity index (χ0v) is 21.8. The van der Waals surface area contributed by atoms with Crippen LogP contribution >= 0.6 is 0 Å². The average molecular weight is 515 g/mol. The van der Waals surface area contributed by atoms with Gasteiger partial charge in [0.15, 0.2) is 0 Å². The minimum atomic E-state index is -0.332. The monoisotopic (exact) mass is 514 g/mol. The molecule has 0 aliphatic carbocycles. The predicted molar refractivity (Wildman–Crippen MR) is 163 cm³/mol. The van der Waals surface area contributed by atoms with Gasteiger partial charge in [-0.2, -0.15) is 0 Å². The number of hydrogen-bond acceptors (Lipinski definition) is 5. The van der Waals surface area contributed by atoms with Crippen molar-refractivity contribution in [2.45, 2.75) is 0 Å². The van der Waals surface area contributed by atoms with Crippen molar-refractivity contribution in [1.82, 2.24) is 9.88 Å². The first-order valence-corrected chi connectivity index (χ1v) is 13.2. The standard InChI is InChI=1S/C33H30N4O2/c1-36-16-18-37(19-17-36)28-13-11-27(12-14-28)34-22-31-30-21-24(9-15-29(30)32(38)35-33(31)39)7-6-23-8-10-25-4-2-3-5-26(25)20-23/h2-15,20-22H,16-19H2,1H3,(H2,35,38,39)/b7-6+,34-22?.